The van der Waals surface area contributed by atoms with Crippen molar-refractivity contribution in [2.24, 2.45) is 5.18 Å². The average molecular weight is 146 g/mol. The van der Waals surface area contributed by atoms with Gasteiger partial charge < -0.3 is 0 Å². The van der Waals surface area contributed by atoms with Gasteiger partial charge in [0, 0.05) is 0 Å². The third kappa shape index (κ3) is 1.87. The fourth-order valence-electron chi connectivity index (χ4n) is 0.814. The van der Waals surface area contributed by atoms with Crippen molar-refractivity contribution in [3.8, 4) is 6.07 Å². The maximum atomic E-state index is 9.84. The lowest BCUT2D eigenvalue weighted by atomic mass is 10.1. The van der Waals surface area contributed by atoms with Crippen molar-refractivity contribution in [2.75, 3.05) is 0 Å². The lowest BCUT2D eigenvalue weighted by Gasteiger charge is -1.92. The minimum atomic E-state index is 0.134. The second-order valence-electron chi connectivity index (χ2n) is 2.10. The van der Waals surface area contributed by atoms with Crippen LogP contribution in [0.5, 0.6) is 0 Å². The Labute approximate surface area is 64.2 Å². The maximum Gasteiger partial charge on any atom is 0.106 e. The van der Waals surface area contributed by atoms with Gasteiger partial charge in [0.1, 0.15) is 6.54 Å². The summed E-state index contributed by atoms with van der Waals surface area (Å²) in [6.45, 7) is 0.134. The minimum Gasteiger partial charge on any atom is -0.192 e. The molecule has 0 saturated heterocycles. The van der Waals surface area contributed by atoms with E-state index >= 15 is 0 Å². The molecule has 0 saturated carbocycles. The van der Waals surface area contributed by atoms with Gasteiger partial charge in [-0.05, 0) is 17.7 Å². The number of hydrogen-bond donors (Lipinski definition) is 0. The number of hydrogen-bond acceptors (Lipinski definition) is 3. The molecule has 0 unspecified atom stereocenters. The normalized spacial score (nSPS) is 8.64. The molecule has 3 heteroatoms. The molecule has 1 aromatic rings. The van der Waals surface area contributed by atoms with Crippen molar-refractivity contribution in [3.05, 3.63) is 40.3 Å². The van der Waals surface area contributed by atoms with Gasteiger partial charge in [-0.15, -0.1) is 0 Å². The quantitative estimate of drug-likeness (QED) is 0.597. The molecule has 0 fully saturated rings. The Morgan fingerprint density at radius 1 is 1.55 bits per heavy atom. The molecule has 0 heterocycles. The van der Waals surface area contributed by atoms with Crippen LogP contribution in [0.25, 0.3) is 0 Å². The number of rotatable bonds is 2. The van der Waals surface area contributed by atoms with Crippen molar-refractivity contribution >= 4 is 0 Å². The van der Waals surface area contributed by atoms with E-state index in [2.05, 4.69) is 5.18 Å². The fraction of sp³-hybridized carbons (Fsp3) is 0.125. The highest BCUT2D eigenvalue weighted by Crippen LogP contribution is 2.04. The van der Waals surface area contributed by atoms with E-state index in [0.29, 0.717) is 5.56 Å². The number of nitriles is 1. The van der Waals surface area contributed by atoms with Gasteiger partial charge in [-0.25, -0.2) is 0 Å². The first-order valence-corrected chi connectivity index (χ1v) is 3.15. The minimum absolute atomic E-state index is 0.134. The van der Waals surface area contributed by atoms with Gasteiger partial charge in [0.15, 0.2) is 0 Å². The summed E-state index contributed by atoms with van der Waals surface area (Å²) in [5.41, 5.74) is 1.34. The van der Waals surface area contributed by atoms with E-state index in [4.69, 9.17) is 5.26 Å². The molecular weight excluding hydrogens is 140 g/mol. The van der Waals surface area contributed by atoms with Crippen LogP contribution in [0.4, 0.5) is 0 Å². The molecule has 0 radical (unpaired) electrons. The van der Waals surface area contributed by atoms with E-state index in [9.17, 15) is 4.91 Å². The predicted molar refractivity (Wildman–Crippen MR) is 40.7 cm³/mol. The van der Waals surface area contributed by atoms with Gasteiger partial charge in [0.2, 0.25) is 0 Å². The number of benzene rings is 1. The largest absolute Gasteiger partial charge is 0.192 e. The van der Waals surface area contributed by atoms with Crippen LogP contribution in [-0.4, -0.2) is 0 Å². The molecule has 3 nitrogen and oxygen atoms in total. The molecule has 0 atom stereocenters. The third-order valence-electron chi connectivity index (χ3n) is 1.30. The highest BCUT2D eigenvalue weighted by Gasteiger charge is 1.93. The molecule has 0 bridgehead atoms. The van der Waals surface area contributed by atoms with Crippen LogP contribution in [0.3, 0.4) is 0 Å². The van der Waals surface area contributed by atoms with Gasteiger partial charge in [0.05, 0.1) is 11.6 Å². The van der Waals surface area contributed by atoms with Crippen LogP contribution < -0.4 is 0 Å². The van der Waals surface area contributed by atoms with Gasteiger partial charge >= 0.3 is 0 Å². The fourth-order valence-corrected chi connectivity index (χ4v) is 0.814. The standard InChI is InChI=1S/C8H6N2O/c9-5-7-2-1-3-8(4-7)6-10-11/h1-4H,6H2. The Bertz CT molecular complexity index is 301. The zero-order valence-corrected chi connectivity index (χ0v) is 5.82. The molecule has 0 spiro atoms. The van der Waals surface area contributed by atoms with Crippen molar-refractivity contribution in [3.63, 3.8) is 0 Å². The molecule has 0 aliphatic carbocycles. The second-order valence-corrected chi connectivity index (χ2v) is 2.10. The van der Waals surface area contributed by atoms with Crippen molar-refractivity contribution < 1.29 is 0 Å². The summed E-state index contributed by atoms with van der Waals surface area (Å²) < 4.78 is 0. The van der Waals surface area contributed by atoms with E-state index in [1.165, 1.54) is 0 Å². The first-order valence-electron chi connectivity index (χ1n) is 3.15. The highest BCUT2D eigenvalue weighted by molar-refractivity contribution is 5.32. The first kappa shape index (κ1) is 7.42. The van der Waals surface area contributed by atoms with E-state index in [0.717, 1.165) is 5.56 Å². The summed E-state index contributed by atoms with van der Waals surface area (Å²) in [6, 6.07) is 8.83. The van der Waals surface area contributed by atoms with Gasteiger partial charge in [-0.2, -0.15) is 10.2 Å². The molecule has 0 aliphatic rings. The van der Waals surface area contributed by atoms with Crippen LogP contribution in [0.2, 0.25) is 0 Å². The molecule has 54 valence electrons. The average Bonchev–Trinajstić information content (AvgIpc) is 2.06. The summed E-state index contributed by atoms with van der Waals surface area (Å²) in [5.74, 6) is 0. The SMILES string of the molecule is N#Cc1cccc(CN=O)c1. The second kappa shape index (κ2) is 3.47. The topological polar surface area (TPSA) is 53.2 Å². The number of nitrogens with zero attached hydrogens (tertiary/aromatic N) is 2. The monoisotopic (exact) mass is 146 g/mol. The van der Waals surface area contributed by atoms with Crippen molar-refractivity contribution in [2.45, 2.75) is 6.54 Å². The zero-order valence-electron chi connectivity index (χ0n) is 5.82. The lowest BCUT2D eigenvalue weighted by molar-refractivity contribution is 1.05. The summed E-state index contributed by atoms with van der Waals surface area (Å²) in [4.78, 5) is 9.84. The van der Waals surface area contributed by atoms with Crippen molar-refractivity contribution in [1.82, 2.24) is 0 Å². The van der Waals surface area contributed by atoms with Crippen LogP contribution in [-0.2, 0) is 6.54 Å². The zero-order chi connectivity index (χ0) is 8.10. The van der Waals surface area contributed by atoms with Gasteiger partial charge in [-0.1, -0.05) is 17.3 Å². The molecule has 11 heavy (non-hydrogen) atoms. The molecule has 1 rings (SSSR count). The Hall–Kier alpha value is -1.69. The smallest absolute Gasteiger partial charge is 0.106 e. The van der Waals surface area contributed by atoms with E-state index in [1.54, 1.807) is 24.3 Å². The first-order chi connectivity index (χ1) is 5.36. The summed E-state index contributed by atoms with van der Waals surface area (Å²) in [7, 11) is 0. The summed E-state index contributed by atoms with van der Waals surface area (Å²) in [5, 5.41) is 11.2. The summed E-state index contributed by atoms with van der Waals surface area (Å²) >= 11 is 0. The van der Waals surface area contributed by atoms with E-state index in [-0.39, 0.29) is 6.54 Å². The Morgan fingerprint density at radius 2 is 2.36 bits per heavy atom. The van der Waals surface area contributed by atoms with Gasteiger partial charge in [-0.3, -0.25) is 0 Å². The molecule has 0 amide bonds. The highest BCUT2D eigenvalue weighted by atomic mass is 16.3. The van der Waals surface area contributed by atoms with Crippen molar-refractivity contribution in [1.29, 1.82) is 5.26 Å². The molecule has 1 aromatic carbocycles. The lowest BCUT2D eigenvalue weighted by Crippen LogP contribution is -1.81. The van der Waals surface area contributed by atoms with Crippen LogP contribution in [0, 0.1) is 16.2 Å². The Balaban J connectivity index is 2.93. The van der Waals surface area contributed by atoms with E-state index in [1.807, 2.05) is 6.07 Å². The van der Waals surface area contributed by atoms with Crippen LogP contribution in [0.1, 0.15) is 11.1 Å². The van der Waals surface area contributed by atoms with Gasteiger partial charge in [0.25, 0.3) is 0 Å². The Morgan fingerprint density at radius 3 is 3.00 bits per heavy atom. The molecule has 0 N–H and O–H groups in total. The molecular formula is C8H6N2O. The van der Waals surface area contributed by atoms with Crippen LogP contribution in [0.15, 0.2) is 29.4 Å². The summed E-state index contributed by atoms with van der Waals surface area (Å²) in [6.07, 6.45) is 0. The Kier molecular flexibility index (Phi) is 2.34. The third-order valence-corrected chi connectivity index (χ3v) is 1.30. The molecule has 0 aliphatic heterocycles. The maximum absolute atomic E-state index is 9.84. The van der Waals surface area contributed by atoms with Crippen LogP contribution >= 0.6 is 0 Å². The number of nitroso groups, excluding NO2 is 1. The molecule has 0 aromatic heterocycles. The van der Waals surface area contributed by atoms with E-state index < -0.39 is 0 Å². The predicted octanol–water partition coefficient (Wildman–Crippen LogP) is 1.82.